The van der Waals surface area contributed by atoms with E-state index in [0.717, 1.165) is 25.3 Å². The molecular formula is C16H23N3. The van der Waals surface area contributed by atoms with Gasteiger partial charge in [-0.1, -0.05) is 31.2 Å². The van der Waals surface area contributed by atoms with Gasteiger partial charge in [-0.15, -0.1) is 0 Å². The monoisotopic (exact) mass is 257 g/mol. The predicted octanol–water partition coefficient (Wildman–Crippen LogP) is 3.11. The highest BCUT2D eigenvalue weighted by molar-refractivity contribution is 5.56. The van der Waals surface area contributed by atoms with Crippen molar-refractivity contribution in [3.8, 4) is 11.4 Å². The lowest BCUT2D eigenvalue weighted by Crippen LogP contribution is -2.27. The molecule has 0 aliphatic carbocycles. The third kappa shape index (κ3) is 3.44. The first-order valence-electron chi connectivity index (χ1n) is 7.08. The fourth-order valence-corrected chi connectivity index (χ4v) is 2.39. The smallest absolute Gasteiger partial charge is 0.139 e. The average Bonchev–Trinajstić information content (AvgIpc) is 2.88. The number of imidazole rings is 1. The van der Waals surface area contributed by atoms with Crippen LogP contribution in [0.3, 0.4) is 0 Å². The summed E-state index contributed by atoms with van der Waals surface area (Å²) in [6.07, 6.45) is 4.95. The summed E-state index contributed by atoms with van der Waals surface area (Å²) in [6.45, 7) is 8.48. The Hall–Kier alpha value is -1.61. The molecule has 1 aromatic carbocycles. The highest BCUT2D eigenvalue weighted by Gasteiger charge is 2.06. The number of rotatable bonds is 6. The van der Waals surface area contributed by atoms with Crippen molar-refractivity contribution in [3.05, 3.63) is 42.2 Å². The molecule has 1 heterocycles. The summed E-state index contributed by atoms with van der Waals surface area (Å²) in [5.41, 5.74) is 2.55. The zero-order chi connectivity index (χ0) is 13.7. The molecule has 0 saturated carbocycles. The topological polar surface area (TPSA) is 29.9 Å². The summed E-state index contributed by atoms with van der Waals surface area (Å²) in [6, 6.07) is 9.27. The second-order valence-electron chi connectivity index (χ2n) is 4.90. The molecule has 3 nitrogen and oxygen atoms in total. The summed E-state index contributed by atoms with van der Waals surface area (Å²) in [4.78, 5) is 4.43. The molecule has 19 heavy (non-hydrogen) atoms. The van der Waals surface area contributed by atoms with E-state index < -0.39 is 0 Å². The van der Waals surface area contributed by atoms with Crippen LogP contribution < -0.4 is 5.32 Å². The fourth-order valence-electron chi connectivity index (χ4n) is 2.39. The van der Waals surface area contributed by atoms with Gasteiger partial charge in [0.15, 0.2) is 0 Å². The van der Waals surface area contributed by atoms with Crippen molar-refractivity contribution in [1.29, 1.82) is 0 Å². The van der Waals surface area contributed by atoms with Crippen LogP contribution in [-0.4, -0.2) is 22.1 Å². The van der Waals surface area contributed by atoms with E-state index in [1.165, 1.54) is 11.1 Å². The van der Waals surface area contributed by atoms with Gasteiger partial charge in [-0.2, -0.15) is 0 Å². The Morgan fingerprint density at radius 2 is 1.95 bits per heavy atom. The maximum atomic E-state index is 4.43. The van der Waals surface area contributed by atoms with Crippen LogP contribution in [0.15, 0.2) is 36.7 Å². The van der Waals surface area contributed by atoms with Crippen LogP contribution in [0, 0.1) is 0 Å². The third-order valence-corrected chi connectivity index (χ3v) is 3.36. The highest BCUT2D eigenvalue weighted by atomic mass is 15.1. The third-order valence-electron chi connectivity index (χ3n) is 3.36. The van der Waals surface area contributed by atoms with Gasteiger partial charge < -0.3 is 9.88 Å². The van der Waals surface area contributed by atoms with Crippen molar-refractivity contribution >= 4 is 0 Å². The van der Waals surface area contributed by atoms with E-state index in [1.807, 2.05) is 12.4 Å². The van der Waals surface area contributed by atoms with E-state index in [4.69, 9.17) is 0 Å². The minimum Gasteiger partial charge on any atom is -0.331 e. The predicted molar refractivity (Wildman–Crippen MR) is 80.2 cm³/mol. The summed E-state index contributed by atoms with van der Waals surface area (Å²) in [7, 11) is 0. The van der Waals surface area contributed by atoms with Gasteiger partial charge in [0.2, 0.25) is 0 Å². The molecule has 1 unspecified atom stereocenters. The van der Waals surface area contributed by atoms with Crippen LogP contribution in [0.4, 0.5) is 0 Å². The maximum Gasteiger partial charge on any atom is 0.139 e. The molecular weight excluding hydrogens is 234 g/mol. The van der Waals surface area contributed by atoms with Crippen LogP contribution >= 0.6 is 0 Å². The molecule has 2 aromatic rings. The molecule has 1 aromatic heterocycles. The normalized spacial score (nSPS) is 12.6. The lowest BCUT2D eigenvalue weighted by atomic mass is 10.0. The molecule has 2 rings (SSSR count). The van der Waals surface area contributed by atoms with Gasteiger partial charge in [-0.05, 0) is 32.4 Å². The number of nitrogens with zero attached hydrogens (tertiary/aromatic N) is 2. The first-order valence-corrected chi connectivity index (χ1v) is 7.08. The average molecular weight is 257 g/mol. The van der Waals surface area contributed by atoms with Crippen molar-refractivity contribution in [2.75, 3.05) is 6.54 Å². The molecule has 3 heteroatoms. The summed E-state index contributed by atoms with van der Waals surface area (Å²) < 4.78 is 2.16. The second-order valence-corrected chi connectivity index (χ2v) is 4.90. The van der Waals surface area contributed by atoms with Gasteiger partial charge in [-0.25, -0.2) is 4.98 Å². The van der Waals surface area contributed by atoms with E-state index in [9.17, 15) is 0 Å². The van der Waals surface area contributed by atoms with Crippen LogP contribution in [-0.2, 0) is 13.0 Å². The Balaban J connectivity index is 2.10. The Morgan fingerprint density at radius 3 is 2.58 bits per heavy atom. The second kappa shape index (κ2) is 6.53. The largest absolute Gasteiger partial charge is 0.331 e. The molecule has 0 amide bonds. The molecule has 0 radical (unpaired) electrons. The van der Waals surface area contributed by atoms with Crippen molar-refractivity contribution in [2.45, 2.75) is 39.8 Å². The fraction of sp³-hybridized carbons (Fsp3) is 0.438. The van der Waals surface area contributed by atoms with E-state index in [-0.39, 0.29) is 0 Å². The zero-order valence-corrected chi connectivity index (χ0v) is 12.1. The van der Waals surface area contributed by atoms with Crippen molar-refractivity contribution in [3.63, 3.8) is 0 Å². The molecule has 0 spiro atoms. The number of aryl methyl sites for hydroxylation is 1. The van der Waals surface area contributed by atoms with E-state index in [2.05, 4.69) is 59.9 Å². The Morgan fingerprint density at radius 1 is 1.21 bits per heavy atom. The number of aromatic nitrogens is 2. The SMILES string of the molecule is CCNC(C)Cc1ccc(-c2nccn2CC)cc1. The van der Waals surface area contributed by atoms with Crippen LogP contribution in [0.2, 0.25) is 0 Å². The molecule has 0 bridgehead atoms. The Bertz CT molecular complexity index is 499. The van der Waals surface area contributed by atoms with Gasteiger partial charge in [0.05, 0.1) is 0 Å². The van der Waals surface area contributed by atoms with E-state index in [1.54, 1.807) is 0 Å². The number of benzene rings is 1. The number of hydrogen-bond acceptors (Lipinski definition) is 2. The maximum absolute atomic E-state index is 4.43. The van der Waals surface area contributed by atoms with E-state index in [0.29, 0.717) is 6.04 Å². The summed E-state index contributed by atoms with van der Waals surface area (Å²) >= 11 is 0. The van der Waals surface area contributed by atoms with Gasteiger partial charge in [-0.3, -0.25) is 0 Å². The van der Waals surface area contributed by atoms with Crippen molar-refractivity contribution in [1.82, 2.24) is 14.9 Å². The minimum atomic E-state index is 0.522. The van der Waals surface area contributed by atoms with Crippen LogP contribution in [0.5, 0.6) is 0 Å². The lowest BCUT2D eigenvalue weighted by molar-refractivity contribution is 0.565. The number of hydrogen-bond donors (Lipinski definition) is 1. The summed E-state index contributed by atoms with van der Waals surface area (Å²) in [5.74, 6) is 1.05. The first kappa shape index (κ1) is 13.8. The lowest BCUT2D eigenvalue weighted by Gasteiger charge is -2.12. The van der Waals surface area contributed by atoms with E-state index >= 15 is 0 Å². The van der Waals surface area contributed by atoms with Crippen LogP contribution in [0.25, 0.3) is 11.4 Å². The highest BCUT2D eigenvalue weighted by Crippen LogP contribution is 2.18. The zero-order valence-electron chi connectivity index (χ0n) is 12.1. The minimum absolute atomic E-state index is 0.522. The van der Waals surface area contributed by atoms with Gasteiger partial charge in [0.25, 0.3) is 0 Å². The molecule has 102 valence electrons. The Labute approximate surface area is 115 Å². The molecule has 0 fully saturated rings. The molecule has 1 atom stereocenters. The van der Waals surface area contributed by atoms with Crippen LogP contribution in [0.1, 0.15) is 26.3 Å². The number of nitrogens with one attached hydrogen (secondary N) is 1. The van der Waals surface area contributed by atoms with Gasteiger partial charge in [0.1, 0.15) is 5.82 Å². The molecule has 0 aliphatic heterocycles. The quantitative estimate of drug-likeness (QED) is 0.861. The van der Waals surface area contributed by atoms with Gasteiger partial charge >= 0.3 is 0 Å². The summed E-state index contributed by atoms with van der Waals surface area (Å²) in [5, 5.41) is 3.44. The first-order chi connectivity index (χ1) is 9.24. The molecule has 1 N–H and O–H groups in total. The van der Waals surface area contributed by atoms with Crippen molar-refractivity contribution in [2.24, 2.45) is 0 Å². The van der Waals surface area contributed by atoms with Crippen molar-refractivity contribution < 1.29 is 0 Å². The standard InChI is InChI=1S/C16H23N3/c1-4-17-13(3)12-14-6-8-15(9-7-14)16-18-10-11-19(16)5-2/h6-11,13,17H,4-5,12H2,1-3H3. The Kier molecular flexibility index (Phi) is 4.74. The molecule has 0 saturated heterocycles. The molecule has 0 aliphatic rings. The van der Waals surface area contributed by atoms with Gasteiger partial charge in [0, 0.05) is 30.5 Å². The number of likely N-dealkylation sites (N-methyl/N-ethyl adjacent to an activating group) is 1.